The zero-order valence-electron chi connectivity index (χ0n) is 14.0. The normalized spacial score (nSPS) is 45.9. The molecule has 0 amide bonds. The Bertz CT molecular complexity index is 387. The van der Waals surface area contributed by atoms with Crippen molar-refractivity contribution in [3.63, 3.8) is 0 Å². The van der Waals surface area contributed by atoms with E-state index in [9.17, 15) is 5.11 Å². The molecule has 1 fully saturated rings. The Hall–Kier alpha value is -0.500. The first-order valence-electron chi connectivity index (χ1n) is 7.69. The summed E-state index contributed by atoms with van der Waals surface area (Å²) in [6, 6.07) is 0. The number of rotatable bonds is 5. The molecule has 128 valence electrons. The third kappa shape index (κ3) is 2.96. The summed E-state index contributed by atoms with van der Waals surface area (Å²) in [6.07, 6.45) is 3.09. The van der Waals surface area contributed by atoms with E-state index < -0.39 is 30.2 Å². The molecular weight excluding hydrogens is 288 g/mol. The van der Waals surface area contributed by atoms with Crippen LogP contribution in [0.1, 0.15) is 19.8 Å². The van der Waals surface area contributed by atoms with Gasteiger partial charge < -0.3 is 28.8 Å². The van der Waals surface area contributed by atoms with Gasteiger partial charge in [-0.2, -0.15) is 0 Å². The van der Waals surface area contributed by atoms with Crippen molar-refractivity contribution in [3.05, 3.63) is 12.2 Å². The van der Waals surface area contributed by atoms with Crippen LogP contribution in [0.2, 0.25) is 0 Å². The van der Waals surface area contributed by atoms with Gasteiger partial charge in [-0.05, 0) is 12.8 Å². The minimum Gasteiger partial charge on any atom is -0.386 e. The molecule has 1 saturated heterocycles. The molecule has 0 saturated carbocycles. The Morgan fingerprint density at radius 1 is 1.00 bits per heavy atom. The van der Waals surface area contributed by atoms with E-state index in [0.717, 1.165) is 6.42 Å². The maximum absolute atomic E-state index is 11.2. The Kier molecular flexibility index (Phi) is 5.99. The molecule has 1 aliphatic carbocycles. The van der Waals surface area contributed by atoms with Crippen molar-refractivity contribution >= 4 is 0 Å². The van der Waals surface area contributed by atoms with Crippen molar-refractivity contribution in [3.8, 4) is 0 Å². The van der Waals surface area contributed by atoms with E-state index in [-0.39, 0.29) is 12.0 Å². The Morgan fingerprint density at radius 2 is 1.64 bits per heavy atom. The predicted molar refractivity (Wildman–Crippen MR) is 80.5 cm³/mol. The lowest BCUT2D eigenvalue weighted by atomic mass is 9.73. The molecule has 0 radical (unpaired) electrons. The fourth-order valence-electron chi connectivity index (χ4n) is 3.59. The van der Waals surface area contributed by atoms with E-state index in [2.05, 4.69) is 6.08 Å². The first kappa shape index (κ1) is 17.8. The highest BCUT2D eigenvalue weighted by Gasteiger charge is 2.56. The van der Waals surface area contributed by atoms with Gasteiger partial charge in [0.25, 0.3) is 0 Å². The van der Waals surface area contributed by atoms with Gasteiger partial charge in [-0.3, -0.25) is 0 Å². The third-order valence-electron chi connectivity index (χ3n) is 4.96. The number of ether oxygens (including phenoxy) is 5. The Labute approximate surface area is 132 Å². The van der Waals surface area contributed by atoms with Crippen LogP contribution in [-0.4, -0.2) is 69.9 Å². The molecule has 6 nitrogen and oxygen atoms in total. The van der Waals surface area contributed by atoms with E-state index in [4.69, 9.17) is 23.7 Å². The van der Waals surface area contributed by atoms with Crippen molar-refractivity contribution in [2.75, 3.05) is 28.4 Å². The SMILES string of the molecule is CO[C@H]1O[C@H](C2(O)CCC=CC2C)[C@@H](OC)[C@H](OC)[C@H]1OC. The van der Waals surface area contributed by atoms with Crippen LogP contribution in [0.5, 0.6) is 0 Å². The van der Waals surface area contributed by atoms with Crippen LogP contribution in [0.15, 0.2) is 12.2 Å². The fraction of sp³-hybridized carbons (Fsp3) is 0.875. The highest BCUT2D eigenvalue weighted by atomic mass is 16.7. The molecule has 22 heavy (non-hydrogen) atoms. The second-order valence-electron chi connectivity index (χ2n) is 6.01. The standard InChI is InChI=1S/C16H28O6/c1-10-8-6-7-9-16(10,17)14-12(19-3)11(18-2)13(20-4)15(21-5)22-14/h6,8,10-15,17H,7,9H2,1-5H3/t10?,11-,12-,13+,14-,15-,16?/m0/s1. The van der Waals surface area contributed by atoms with E-state index in [1.165, 1.54) is 0 Å². The van der Waals surface area contributed by atoms with Crippen LogP contribution in [-0.2, 0) is 23.7 Å². The predicted octanol–water partition coefficient (Wildman–Crippen LogP) is 1.12. The van der Waals surface area contributed by atoms with Crippen molar-refractivity contribution in [2.24, 2.45) is 5.92 Å². The summed E-state index contributed by atoms with van der Waals surface area (Å²) < 4.78 is 28.2. The summed E-state index contributed by atoms with van der Waals surface area (Å²) in [4.78, 5) is 0. The smallest absolute Gasteiger partial charge is 0.186 e. The van der Waals surface area contributed by atoms with Gasteiger partial charge in [0.2, 0.25) is 0 Å². The minimum absolute atomic E-state index is 0.0435. The number of aliphatic hydroxyl groups is 1. The highest BCUT2D eigenvalue weighted by molar-refractivity contribution is 5.11. The van der Waals surface area contributed by atoms with Gasteiger partial charge >= 0.3 is 0 Å². The van der Waals surface area contributed by atoms with Crippen LogP contribution in [0.25, 0.3) is 0 Å². The van der Waals surface area contributed by atoms with Gasteiger partial charge in [-0.15, -0.1) is 0 Å². The van der Waals surface area contributed by atoms with Crippen LogP contribution in [0.4, 0.5) is 0 Å². The summed E-state index contributed by atoms with van der Waals surface area (Å²) in [5, 5.41) is 11.2. The largest absolute Gasteiger partial charge is 0.386 e. The average Bonchev–Trinajstić information content (AvgIpc) is 2.55. The Morgan fingerprint density at radius 3 is 2.14 bits per heavy atom. The summed E-state index contributed by atoms with van der Waals surface area (Å²) in [7, 11) is 6.34. The number of hydrogen-bond acceptors (Lipinski definition) is 6. The topological polar surface area (TPSA) is 66.4 Å². The zero-order chi connectivity index (χ0) is 16.3. The van der Waals surface area contributed by atoms with Gasteiger partial charge in [-0.25, -0.2) is 0 Å². The third-order valence-corrected chi connectivity index (χ3v) is 4.96. The second-order valence-corrected chi connectivity index (χ2v) is 6.01. The lowest BCUT2D eigenvalue weighted by Crippen LogP contribution is -2.67. The Balaban J connectivity index is 2.34. The van der Waals surface area contributed by atoms with E-state index in [1.807, 2.05) is 13.0 Å². The quantitative estimate of drug-likeness (QED) is 0.767. The molecule has 0 aromatic rings. The molecule has 0 bridgehead atoms. The molecule has 1 aliphatic heterocycles. The highest BCUT2D eigenvalue weighted by Crippen LogP contribution is 2.40. The van der Waals surface area contributed by atoms with Crippen molar-refractivity contribution in [2.45, 2.75) is 56.1 Å². The van der Waals surface area contributed by atoms with Gasteiger partial charge in [0.1, 0.15) is 24.4 Å². The minimum atomic E-state index is -1.03. The monoisotopic (exact) mass is 316 g/mol. The van der Waals surface area contributed by atoms with Gasteiger partial charge in [0.15, 0.2) is 6.29 Å². The lowest BCUT2D eigenvalue weighted by Gasteiger charge is -2.51. The molecule has 7 atom stereocenters. The summed E-state index contributed by atoms with van der Waals surface area (Å²) in [6.45, 7) is 1.98. The molecule has 2 unspecified atom stereocenters. The maximum atomic E-state index is 11.2. The summed E-state index contributed by atoms with van der Waals surface area (Å²) in [5.74, 6) is -0.0435. The molecule has 0 spiro atoms. The van der Waals surface area contributed by atoms with Crippen molar-refractivity contribution in [1.82, 2.24) is 0 Å². The molecular formula is C16H28O6. The number of hydrogen-bond donors (Lipinski definition) is 1. The van der Waals surface area contributed by atoms with Crippen LogP contribution >= 0.6 is 0 Å². The summed E-state index contributed by atoms with van der Waals surface area (Å²) in [5.41, 5.74) is -1.03. The average molecular weight is 316 g/mol. The van der Waals surface area contributed by atoms with Crippen molar-refractivity contribution < 1.29 is 28.8 Å². The fourth-order valence-corrected chi connectivity index (χ4v) is 3.59. The van der Waals surface area contributed by atoms with E-state index in [0.29, 0.717) is 6.42 Å². The first-order valence-corrected chi connectivity index (χ1v) is 7.69. The molecule has 2 rings (SSSR count). The lowest BCUT2D eigenvalue weighted by molar-refractivity contribution is -0.333. The van der Waals surface area contributed by atoms with E-state index in [1.54, 1.807) is 28.4 Å². The number of methoxy groups -OCH3 is 4. The van der Waals surface area contributed by atoms with Crippen LogP contribution in [0, 0.1) is 5.92 Å². The summed E-state index contributed by atoms with van der Waals surface area (Å²) >= 11 is 0. The molecule has 1 N–H and O–H groups in total. The zero-order valence-corrected chi connectivity index (χ0v) is 14.0. The molecule has 6 heteroatoms. The van der Waals surface area contributed by atoms with Crippen LogP contribution < -0.4 is 0 Å². The maximum Gasteiger partial charge on any atom is 0.186 e. The van der Waals surface area contributed by atoms with E-state index >= 15 is 0 Å². The number of allylic oxidation sites excluding steroid dienone is 1. The van der Waals surface area contributed by atoms with Gasteiger partial charge in [-0.1, -0.05) is 19.1 Å². The van der Waals surface area contributed by atoms with Gasteiger partial charge in [0, 0.05) is 34.4 Å². The van der Waals surface area contributed by atoms with Gasteiger partial charge in [0.05, 0.1) is 5.60 Å². The second kappa shape index (κ2) is 7.38. The van der Waals surface area contributed by atoms with Crippen molar-refractivity contribution in [1.29, 1.82) is 0 Å². The first-order chi connectivity index (χ1) is 10.5. The molecule has 0 aromatic heterocycles. The molecule has 0 aromatic carbocycles. The molecule has 1 heterocycles. The van der Waals surface area contributed by atoms with Crippen LogP contribution in [0.3, 0.4) is 0 Å². The molecule has 2 aliphatic rings.